The molecule has 5 aromatic carbocycles. The van der Waals surface area contributed by atoms with Gasteiger partial charge < -0.3 is 48.7 Å². The highest BCUT2D eigenvalue weighted by atomic mass is 35.5. The average molecular weight is 1340 g/mol. The topological polar surface area (TPSA) is 470 Å². The number of amides is 5. The lowest BCUT2D eigenvalue weighted by Gasteiger charge is -2.07. The van der Waals surface area contributed by atoms with Gasteiger partial charge in [-0.25, -0.2) is 4.21 Å². The van der Waals surface area contributed by atoms with Crippen LogP contribution in [0.2, 0.25) is 5.02 Å². The molecule has 7 N–H and O–H groups in total. The molecule has 0 radical (unpaired) electrons. The second-order valence-corrected chi connectivity index (χ2v) is 21.6. The minimum Gasteiger partial charge on any atom is -0.395 e. The number of para-hydroxylation sites is 1. The number of rotatable bonds is 17. The number of halogens is 1. The van der Waals surface area contributed by atoms with Gasteiger partial charge >= 0.3 is 29.4 Å². The summed E-state index contributed by atoms with van der Waals surface area (Å²) in [7, 11) is -2.81. The minimum atomic E-state index is -2.81. The summed E-state index contributed by atoms with van der Waals surface area (Å²) in [6.45, 7) is 7.64. The Bertz CT molecular complexity index is 4500. The van der Waals surface area contributed by atoms with Gasteiger partial charge in [0.05, 0.1) is 40.0 Å². The molecule has 95 heavy (non-hydrogen) atoms. The molecule has 5 aromatic heterocycles. The summed E-state index contributed by atoms with van der Waals surface area (Å²) in [5.74, 6) is -2.37. The molecule has 5 amide bonds. The van der Waals surface area contributed by atoms with Crippen molar-refractivity contribution in [2.45, 2.75) is 39.0 Å². The number of nitrogens with two attached hydrogens (primary N) is 1. The van der Waals surface area contributed by atoms with E-state index in [4.69, 9.17) is 38.8 Å². The minimum absolute atomic E-state index is 0.0855. The fourth-order valence-corrected chi connectivity index (χ4v) is 8.35. The molecule has 5 heterocycles. The Morgan fingerprint density at radius 3 is 1.16 bits per heavy atom. The predicted octanol–water partition coefficient (Wildman–Crippen LogP) is 13.3. The average Bonchev–Trinajstić information content (AvgIpc) is 1.90. The highest BCUT2D eigenvalue weighted by Gasteiger charge is 2.22. The quantitative estimate of drug-likeness (QED) is 0.0280. The van der Waals surface area contributed by atoms with E-state index >= 15 is 0 Å². The molecule has 0 spiro atoms. The number of nitro groups is 5. The van der Waals surface area contributed by atoms with Crippen molar-refractivity contribution in [2.75, 3.05) is 26.6 Å². The maximum atomic E-state index is 11.9. The molecule has 1 unspecified atom stereocenters. The van der Waals surface area contributed by atoms with Crippen LogP contribution in [0, 0.1) is 71.3 Å². The summed E-state index contributed by atoms with van der Waals surface area (Å²) < 4.78 is 35.5. The summed E-state index contributed by atoms with van der Waals surface area (Å²) in [6.07, 6.45) is 0.773. The van der Waals surface area contributed by atoms with Gasteiger partial charge in [-0.05, 0) is 152 Å². The van der Waals surface area contributed by atoms with Crippen LogP contribution >= 0.6 is 11.6 Å². The second kappa shape index (κ2) is 32.7. The maximum absolute atomic E-state index is 11.9. The fourth-order valence-electron chi connectivity index (χ4n) is 7.56. The Morgan fingerprint density at radius 1 is 0.432 bits per heavy atom. The van der Waals surface area contributed by atoms with Crippen LogP contribution in [0.1, 0.15) is 82.0 Å². The van der Waals surface area contributed by atoms with Gasteiger partial charge in [-0.2, -0.15) is 0 Å². The third-order valence-corrected chi connectivity index (χ3v) is 13.4. The van der Waals surface area contributed by atoms with Gasteiger partial charge in [0.2, 0.25) is 0 Å². The first kappa shape index (κ1) is 71.2. The number of furan rings is 5. The first-order valence-corrected chi connectivity index (χ1v) is 29.2. The lowest BCUT2D eigenvalue weighted by molar-refractivity contribution is -0.402. The van der Waals surface area contributed by atoms with Crippen molar-refractivity contribution in [3.05, 3.63) is 283 Å². The zero-order chi connectivity index (χ0) is 69.7. The Balaban J connectivity index is 0.000000188. The Hall–Kier alpha value is -12.9. The van der Waals surface area contributed by atoms with E-state index < -0.39 is 93.3 Å². The van der Waals surface area contributed by atoms with Crippen molar-refractivity contribution in [3.8, 4) is 0 Å². The molecule has 0 fully saturated rings. The predicted molar refractivity (Wildman–Crippen MR) is 345 cm³/mol. The van der Waals surface area contributed by atoms with E-state index in [1.54, 1.807) is 54.6 Å². The van der Waals surface area contributed by atoms with Gasteiger partial charge in [-0.15, -0.1) is 0 Å². The van der Waals surface area contributed by atoms with E-state index in [1.165, 1.54) is 54.6 Å². The molecule has 0 saturated heterocycles. The van der Waals surface area contributed by atoms with E-state index in [1.807, 2.05) is 64.1 Å². The van der Waals surface area contributed by atoms with Crippen molar-refractivity contribution in [1.29, 1.82) is 0 Å². The number of aryl methyl sites for hydroxylation is 4. The largest absolute Gasteiger partial charge is 0.433 e. The molecule has 1 atom stereocenters. The van der Waals surface area contributed by atoms with Crippen molar-refractivity contribution < 1.29 is 74.9 Å². The zero-order valence-electron chi connectivity index (χ0n) is 49.8. The van der Waals surface area contributed by atoms with Gasteiger partial charge in [-0.1, -0.05) is 67.1 Å². The molecule has 34 heteroatoms. The SMILES string of the molecule is C=S(N)(=O)c1ccc(NC(=O)c2ccc([N+](=O)[O-])o2)cc1.CCc1ccccc1NC(=O)c1ccc([N+](=O)[O-])o1.Cc1ccc(C)c(NC(=O)c2ccc([N+](=O)[O-])o2)c1.Cc1cccc(NC(=O)c2ccc([N+](=O)[O-])o2)c1.O=C(Nc1cccc(Cl)c1)c1ccc([N+](=O)[O-])o1. The molecular formula is C61H52ClN11O21S. The lowest BCUT2D eigenvalue weighted by Crippen LogP contribution is -2.13. The number of carbonyl (C=O) groups excluding carboxylic acids is 5. The Morgan fingerprint density at radius 2 is 0.789 bits per heavy atom. The smallest absolute Gasteiger partial charge is 0.395 e. The fraction of sp³-hybridized carbons (Fsp3) is 0.0820. The molecule has 32 nitrogen and oxygen atoms in total. The third-order valence-electron chi connectivity index (χ3n) is 12.1. The number of nitrogens with one attached hydrogen (secondary N) is 5. The van der Waals surface area contributed by atoms with Crippen LogP contribution < -0.4 is 31.7 Å². The van der Waals surface area contributed by atoms with Crippen LogP contribution in [0.3, 0.4) is 0 Å². The van der Waals surface area contributed by atoms with E-state index in [-0.39, 0.29) is 28.8 Å². The number of carbonyl (C=O) groups is 5. The van der Waals surface area contributed by atoms with E-state index in [2.05, 4.69) is 32.5 Å². The molecule has 0 aliphatic carbocycles. The lowest BCUT2D eigenvalue weighted by atomic mass is 10.1. The Labute approximate surface area is 540 Å². The normalized spacial score (nSPS) is 10.8. The number of nitrogens with zero attached hydrogens (tertiary/aromatic N) is 5. The molecular weight excluding hydrogens is 1290 g/mol. The molecule has 0 aliphatic rings. The van der Waals surface area contributed by atoms with Gasteiger partial charge in [-0.3, -0.25) is 79.7 Å². The highest BCUT2D eigenvalue weighted by molar-refractivity contribution is 7.98. The van der Waals surface area contributed by atoms with Gasteiger partial charge in [0.15, 0.2) is 28.8 Å². The van der Waals surface area contributed by atoms with Gasteiger partial charge in [0, 0.05) is 38.4 Å². The van der Waals surface area contributed by atoms with Crippen LogP contribution in [0.4, 0.5) is 57.9 Å². The summed E-state index contributed by atoms with van der Waals surface area (Å²) >= 11 is 5.76. The molecule has 10 aromatic rings. The van der Waals surface area contributed by atoms with Crippen molar-refractivity contribution in [3.63, 3.8) is 0 Å². The summed E-state index contributed by atoms with van der Waals surface area (Å²) in [5.41, 5.74) is 6.71. The van der Waals surface area contributed by atoms with Gasteiger partial charge in [0.25, 0.3) is 29.5 Å². The van der Waals surface area contributed by atoms with E-state index in [0.29, 0.717) is 38.4 Å². The van der Waals surface area contributed by atoms with Gasteiger partial charge in [0.1, 0.15) is 24.6 Å². The summed E-state index contributed by atoms with van der Waals surface area (Å²) in [4.78, 5) is 108. The molecule has 0 saturated carbocycles. The monoisotopic (exact) mass is 1340 g/mol. The van der Waals surface area contributed by atoms with E-state index in [0.717, 1.165) is 59.0 Å². The highest BCUT2D eigenvalue weighted by Crippen LogP contribution is 2.25. The van der Waals surface area contributed by atoms with Crippen LogP contribution in [0.25, 0.3) is 0 Å². The van der Waals surface area contributed by atoms with Crippen LogP contribution in [0.15, 0.2) is 203 Å². The molecule has 490 valence electrons. The summed E-state index contributed by atoms with van der Waals surface area (Å²) in [6, 6.07) is 44.6. The second-order valence-electron chi connectivity index (χ2n) is 19.2. The molecule has 10 rings (SSSR count). The standard InChI is InChI=1S/2C13H12N2O4.C12H11N3O5S.C12H10N2O4.C11H7ClN2O4/c1-8-3-4-9(2)10(7-8)14-13(16)11-5-6-12(19-11)15(17)18;1-2-9-5-3-4-6-10(9)14-13(16)11-7-8-12(19-11)15(17)18;1-21(13,19)9-4-2-8(3-5-9)14-12(16)10-6-7-11(20-10)15(17)18;1-8-3-2-4-9(7-8)13-12(15)10-5-6-11(18-10)14(16)17;12-7-2-1-3-8(6-7)13-11(15)9-4-5-10(18-9)14(16)17/h3-7H,1-2H3,(H,14,16);3-8H,2H2,1H3,(H,14,16);2-7H,1H2,(H2,13,19)(H,14,16);2-7H,1H3,(H,13,15);1-6H,(H,13,15). The maximum Gasteiger partial charge on any atom is 0.433 e. The number of anilines is 5. The van der Waals surface area contributed by atoms with Crippen LogP contribution in [-0.4, -0.2) is 64.2 Å². The zero-order valence-corrected chi connectivity index (χ0v) is 51.4. The number of benzene rings is 5. The molecule has 0 bridgehead atoms. The number of hydrogen-bond donors (Lipinski definition) is 6. The van der Waals surface area contributed by atoms with Crippen LogP contribution in [0.5, 0.6) is 0 Å². The number of hydrogen-bond acceptors (Lipinski definition) is 21. The third kappa shape index (κ3) is 21.4. The first-order valence-electron chi connectivity index (χ1n) is 27.0. The first-order chi connectivity index (χ1) is 45.0. The van der Waals surface area contributed by atoms with Crippen molar-refractivity contribution in [2.24, 2.45) is 5.14 Å². The summed E-state index contributed by atoms with van der Waals surface area (Å²) in [5, 5.41) is 71.0. The molecule has 0 aliphatic heterocycles. The Kier molecular flexibility index (Phi) is 24.5. The van der Waals surface area contributed by atoms with Crippen LogP contribution in [-0.2, 0) is 16.1 Å². The van der Waals surface area contributed by atoms with E-state index in [9.17, 15) is 78.8 Å². The van der Waals surface area contributed by atoms with Crippen molar-refractivity contribution >= 4 is 115 Å². The van der Waals surface area contributed by atoms with Crippen molar-refractivity contribution in [1.82, 2.24) is 0 Å².